The third-order valence-corrected chi connectivity index (χ3v) is 5.48. The zero-order chi connectivity index (χ0) is 22.6. The molecule has 1 unspecified atom stereocenters. The number of aliphatic imine (C=N–C) groups is 1. The van der Waals surface area contributed by atoms with Crippen molar-refractivity contribution in [1.82, 2.24) is 25.8 Å². The average molecular weight is 433 g/mol. The molecule has 31 heavy (non-hydrogen) atoms. The number of likely N-dealkylation sites (N-methyl/N-ethyl adjacent to an activating group) is 1. The monoisotopic (exact) mass is 432 g/mol. The molecule has 0 saturated carbocycles. The van der Waals surface area contributed by atoms with Gasteiger partial charge in [0.2, 0.25) is 0 Å². The Bertz CT molecular complexity index is 701. The smallest absolute Gasteiger partial charge is 0.251 e. The van der Waals surface area contributed by atoms with Gasteiger partial charge in [0.15, 0.2) is 5.96 Å². The van der Waals surface area contributed by atoms with Crippen LogP contribution in [0.1, 0.15) is 29.8 Å². The van der Waals surface area contributed by atoms with Gasteiger partial charge in [-0.25, -0.2) is 0 Å². The van der Waals surface area contributed by atoms with Crippen LogP contribution in [0.2, 0.25) is 0 Å². The van der Waals surface area contributed by atoms with E-state index in [0.29, 0.717) is 30.6 Å². The number of amides is 1. The van der Waals surface area contributed by atoms with E-state index >= 15 is 0 Å². The van der Waals surface area contributed by atoms with Gasteiger partial charge in [0, 0.05) is 57.9 Å². The molecule has 0 aromatic heterocycles. The van der Waals surface area contributed by atoms with Crippen molar-refractivity contribution in [2.45, 2.75) is 26.4 Å². The van der Waals surface area contributed by atoms with Crippen molar-refractivity contribution < 1.29 is 9.53 Å². The summed E-state index contributed by atoms with van der Waals surface area (Å²) < 4.78 is 5.49. The highest BCUT2D eigenvalue weighted by Crippen LogP contribution is 2.12. The maximum absolute atomic E-state index is 12.4. The maximum Gasteiger partial charge on any atom is 0.251 e. The van der Waals surface area contributed by atoms with Crippen molar-refractivity contribution in [1.29, 1.82) is 0 Å². The van der Waals surface area contributed by atoms with Crippen LogP contribution in [0.15, 0.2) is 29.3 Å². The first-order valence-corrected chi connectivity index (χ1v) is 11.2. The Kier molecular flexibility index (Phi) is 10.8. The lowest BCUT2D eigenvalue weighted by Gasteiger charge is -2.37. The van der Waals surface area contributed by atoms with Crippen LogP contribution in [0.25, 0.3) is 0 Å². The Morgan fingerprint density at radius 2 is 1.94 bits per heavy atom. The van der Waals surface area contributed by atoms with Gasteiger partial charge in [-0.15, -0.1) is 0 Å². The van der Waals surface area contributed by atoms with E-state index in [0.717, 1.165) is 50.9 Å². The fourth-order valence-corrected chi connectivity index (χ4v) is 3.62. The number of carbonyl (C=O) groups is 1. The van der Waals surface area contributed by atoms with Gasteiger partial charge in [-0.1, -0.05) is 26.0 Å². The molecule has 1 amide bonds. The van der Waals surface area contributed by atoms with Crippen LogP contribution in [0.3, 0.4) is 0 Å². The molecule has 1 aliphatic heterocycles. The molecule has 0 aliphatic carbocycles. The van der Waals surface area contributed by atoms with Gasteiger partial charge < -0.3 is 25.6 Å². The molecule has 1 aliphatic rings. The first-order chi connectivity index (χ1) is 14.9. The second kappa shape index (κ2) is 13.3. The van der Waals surface area contributed by atoms with Crippen LogP contribution >= 0.6 is 0 Å². The van der Waals surface area contributed by atoms with E-state index in [1.165, 1.54) is 0 Å². The van der Waals surface area contributed by atoms with Crippen molar-refractivity contribution in [3.63, 3.8) is 0 Å². The predicted molar refractivity (Wildman–Crippen MR) is 127 cm³/mol. The molecule has 8 heteroatoms. The Morgan fingerprint density at radius 1 is 1.19 bits per heavy atom. The number of nitrogens with one attached hydrogen (secondary N) is 3. The number of hydrogen-bond donors (Lipinski definition) is 3. The molecule has 1 atom stereocenters. The van der Waals surface area contributed by atoms with Crippen LogP contribution in [0.4, 0.5) is 0 Å². The number of morpholine rings is 1. The lowest BCUT2D eigenvalue weighted by molar-refractivity contribution is 0.00752. The van der Waals surface area contributed by atoms with E-state index in [2.05, 4.69) is 39.7 Å². The summed E-state index contributed by atoms with van der Waals surface area (Å²) in [5.41, 5.74) is 1.71. The topological polar surface area (TPSA) is 81.2 Å². The lowest BCUT2D eigenvalue weighted by atomic mass is 10.0. The summed E-state index contributed by atoms with van der Waals surface area (Å²) in [6.07, 6.45) is 0. The summed E-state index contributed by atoms with van der Waals surface area (Å²) in [6, 6.07) is 8.13. The van der Waals surface area contributed by atoms with Crippen LogP contribution in [0.5, 0.6) is 0 Å². The number of carbonyl (C=O) groups excluding carboxylic acids is 1. The third kappa shape index (κ3) is 8.85. The Labute approximate surface area is 187 Å². The number of hydrogen-bond acceptors (Lipinski definition) is 5. The van der Waals surface area contributed by atoms with Crippen LogP contribution in [-0.2, 0) is 11.3 Å². The Balaban J connectivity index is 1.85. The zero-order valence-corrected chi connectivity index (χ0v) is 19.8. The highest BCUT2D eigenvalue weighted by molar-refractivity contribution is 5.94. The summed E-state index contributed by atoms with van der Waals surface area (Å²) in [5.74, 6) is 1.25. The predicted octanol–water partition coefficient (Wildman–Crippen LogP) is 1.000. The van der Waals surface area contributed by atoms with E-state index in [9.17, 15) is 4.79 Å². The van der Waals surface area contributed by atoms with Crippen LogP contribution in [0, 0.1) is 5.92 Å². The van der Waals surface area contributed by atoms with Gasteiger partial charge in [0.05, 0.1) is 13.2 Å². The summed E-state index contributed by atoms with van der Waals surface area (Å²) in [6.45, 7) is 10.9. The quantitative estimate of drug-likeness (QED) is 0.378. The molecule has 1 heterocycles. The minimum absolute atomic E-state index is 0.0449. The van der Waals surface area contributed by atoms with Gasteiger partial charge in [0.25, 0.3) is 5.91 Å². The maximum atomic E-state index is 12.4. The molecule has 1 aromatic rings. The first-order valence-electron chi connectivity index (χ1n) is 11.2. The number of benzene rings is 1. The summed E-state index contributed by atoms with van der Waals surface area (Å²) in [4.78, 5) is 21.3. The molecular formula is C23H40N6O2. The molecule has 1 fully saturated rings. The fraction of sp³-hybridized carbons (Fsp3) is 0.652. The van der Waals surface area contributed by atoms with E-state index in [-0.39, 0.29) is 5.91 Å². The lowest BCUT2D eigenvalue weighted by Crippen LogP contribution is -2.52. The van der Waals surface area contributed by atoms with E-state index in [4.69, 9.17) is 4.74 Å². The normalized spacial score (nSPS) is 16.4. The number of rotatable bonds is 10. The highest BCUT2D eigenvalue weighted by Gasteiger charge is 2.23. The minimum atomic E-state index is -0.0449. The number of ether oxygens (including phenoxy) is 1. The fourth-order valence-electron chi connectivity index (χ4n) is 3.62. The van der Waals surface area contributed by atoms with E-state index in [1.807, 2.05) is 43.3 Å². The van der Waals surface area contributed by atoms with Crippen molar-refractivity contribution in [3.05, 3.63) is 35.4 Å². The SMILES string of the molecule is CN=C(NCc1cccc(C(=O)NCCN(C)C)c1)NCC(C(C)C)N1CCOCC1. The van der Waals surface area contributed by atoms with Gasteiger partial charge >= 0.3 is 0 Å². The third-order valence-electron chi connectivity index (χ3n) is 5.48. The molecule has 1 saturated heterocycles. The second-order valence-corrected chi connectivity index (χ2v) is 8.53. The zero-order valence-electron chi connectivity index (χ0n) is 19.8. The number of nitrogens with zero attached hydrogens (tertiary/aromatic N) is 3. The molecular weight excluding hydrogens is 392 g/mol. The molecule has 174 valence electrons. The van der Waals surface area contributed by atoms with E-state index < -0.39 is 0 Å². The Hall–Kier alpha value is -2.16. The molecule has 1 aromatic carbocycles. The summed E-state index contributed by atoms with van der Waals surface area (Å²) >= 11 is 0. The van der Waals surface area contributed by atoms with Crippen molar-refractivity contribution in [2.24, 2.45) is 10.9 Å². The molecule has 0 spiro atoms. The average Bonchev–Trinajstić information content (AvgIpc) is 2.76. The summed E-state index contributed by atoms with van der Waals surface area (Å²) in [7, 11) is 5.76. The van der Waals surface area contributed by atoms with Gasteiger partial charge in [-0.2, -0.15) is 0 Å². The molecule has 8 nitrogen and oxygen atoms in total. The highest BCUT2D eigenvalue weighted by atomic mass is 16.5. The first kappa shape index (κ1) is 25.1. The van der Waals surface area contributed by atoms with Crippen molar-refractivity contribution in [3.8, 4) is 0 Å². The molecule has 0 radical (unpaired) electrons. The largest absolute Gasteiger partial charge is 0.379 e. The Morgan fingerprint density at radius 3 is 2.58 bits per heavy atom. The standard InChI is InChI=1S/C23H40N6O2/c1-18(2)21(29-11-13-31-14-12-29)17-27-23(24-3)26-16-19-7-6-8-20(15-19)22(30)25-9-10-28(4)5/h6-8,15,18,21H,9-14,16-17H2,1-5H3,(H,25,30)(H2,24,26,27). The van der Waals surface area contributed by atoms with Crippen LogP contribution < -0.4 is 16.0 Å². The van der Waals surface area contributed by atoms with Crippen LogP contribution in [-0.4, -0.2) is 94.8 Å². The second-order valence-electron chi connectivity index (χ2n) is 8.53. The van der Waals surface area contributed by atoms with Gasteiger partial charge in [0.1, 0.15) is 0 Å². The van der Waals surface area contributed by atoms with Crippen molar-refractivity contribution >= 4 is 11.9 Å². The minimum Gasteiger partial charge on any atom is -0.379 e. The van der Waals surface area contributed by atoms with Gasteiger partial charge in [-0.05, 0) is 37.7 Å². The molecule has 3 N–H and O–H groups in total. The number of guanidine groups is 1. The van der Waals surface area contributed by atoms with Gasteiger partial charge in [-0.3, -0.25) is 14.7 Å². The molecule has 0 bridgehead atoms. The van der Waals surface area contributed by atoms with Crippen molar-refractivity contribution in [2.75, 3.05) is 67.1 Å². The summed E-state index contributed by atoms with van der Waals surface area (Å²) in [5, 5.41) is 9.79. The molecule has 2 rings (SSSR count). The van der Waals surface area contributed by atoms with E-state index in [1.54, 1.807) is 7.05 Å².